The van der Waals surface area contributed by atoms with E-state index in [9.17, 15) is 4.79 Å². The van der Waals surface area contributed by atoms with Gasteiger partial charge in [-0.15, -0.1) is 0 Å². The molecule has 0 saturated carbocycles. The third-order valence-electron chi connectivity index (χ3n) is 5.47. The van der Waals surface area contributed by atoms with Crippen LogP contribution in [0.2, 0.25) is 5.02 Å². The fraction of sp³-hybridized carbons (Fsp3) is 0.174. The normalized spacial score (nSPS) is 19.1. The Labute approximate surface area is 157 Å². The van der Waals surface area contributed by atoms with Gasteiger partial charge in [0, 0.05) is 34.0 Å². The predicted octanol–water partition coefficient (Wildman–Crippen LogP) is 6.06. The van der Waals surface area contributed by atoms with E-state index < -0.39 is 0 Å². The zero-order chi connectivity index (χ0) is 17.7. The van der Waals surface area contributed by atoms with E-state index in [1.807, 2.05) is 18.2 Å². The average Bonchev–Trinajstić information content (AvgIpc) is 2.66. The Hall–Kier alpha value is -2.58. The molecule has 0 spiro atoms. The molecule has 3 aromatic rings. The molecular formula is C23H18ClNO. The van der Waals surface area contributed by atoms with Crippen molar-refractivity contribution in [1.29, 1.82) is 0 Å². The van der Waals surface area contributed by atoms with Crippen LogP contribution in [0.4, 0.5) is 5.69 Å². The van der Waals surface area contributed by atoms with Gasteiger partial charge >= 0.3 is 0 Å². The van der Waals surface area contributed by atoms with Gasteiger partial charge in [0.15, 0.2) is 5.78 Å². The van der Waals surface area contributed by atoms with Gasteiger partial charge in [0.1, 0.15) is 0 Å². The molecule has 3 aromatic carbocycles. The van der Waals surface area contributed by atoms with Crippen molar-refractivity contribution in [3.8, 4) is 0 Å². The van der Waals surface area contributed by atoms with Gasteiger partial charge in [0.05, 0.1) is 5.69 Å². The molecule has 0 saturated heterocycles. The number of ketones is 1. The standard InChI is InChI=1S/C23H18ClNO/c24-16-7-3-6-15(13-16)21-18-12-11-14-5-1-2-8-17(14)23(18)25-19-9-4-10-20(26)22(19)21/h1-3,5-8,11-13,21,25H,4,9-10H2. The van der Waals surface area contributed by atoms with Crippen LogP contribution in [0.25, 0.3) is 10.8 Å². The average molecular weight is 360 g/mol. The first-order valence-electron chi connectivity index (χ1n) is 9.03. The number of carbonyl (C=O) groups is 1. The molecule has 3 heteroatoms. The minimum atomic E-state index is -0.0580. The van der Waals surface area contributed by atoms with Gasteiger partial charge in [-0.05, 0) is 41.5 Å². The Balaban J connectivity index is 1.81. The number of carbonyl (C=O) groups excluding carboxylic acids is 1. The molecule has 0 amide bonds. The summed E-state index contributed by atoms with van der Waals surface area (Å²) in [5.41, 5.74) is 5.36. The summed E-state index contributed by atoms with van der Waals surface area (Å²) in [7, 11) is 0. The summed E-state index contributed by atoms with van der Waals surface area (Å²) in [5, 5.41) is 6.71. The van der Waals surface area contributed by atoms with Gasteiger partial charge in [0.25, 0.3) is 0 Å². The molecular weight excluding hydrogens is 342 g/mol. The first kappa shape index (κ1) is 15.7. The summed E-state index contributed by atoms with van der Waals surface area (Å²) in [6, 6.07) is 20.6. The van der Waals surface area contributed by atoms with Crippen molar-refractivity contribution < 1.29 is 4.79 Å². The minimum absolute atomic E-state index is 0.0580. The quantitative estimate of drug-likeness (QED) is 0.572. The molecule has 26 heavy (non-hydrogen) atoms. The fourth-order valence-corrected chi connectivity index (χ4v) is 4.53. The van der Waals surface area contributed by atoms with Crippen LogP contribution >= 0.6 is 11.6 Å². The summed E-state index contributed by atoms with van der Waals surface area (Å²) in [6.45, 7) is 0. The van der Waals surface area contributed by atoms with Crippen LogP contribution in [0, 0.1) is 0 Å². The number of anilines is 1. The second kappa shape index (κ2) is 6.00. The number of rotatable bonds is 1. The molecule has 2 nitrogen and oxygen atoms in total. The summed E-state index contributed by atoms with van der Waals surface area (Å²) < 4.78 is 0. The molecule has 2 aliphatic rings. The van der Waals surface area contributed by atoms with Crippen molar-refractivity contribution >= 4 is 33.8 Å². The van der Waals surface area contributed by atoms with E-state index in [2.05, 4.69) is 47.8 Å². The summed E-state index contributed by atoms with van der Waals surface area (Å²) in [4.78, 5) is 12.8. The van der Waals surface area contributed by atoms with E-state index in [1.165, 1.54) is 10.8 Å². The second-order valence-electron chi connectivity index (χ2n) is 7.03. The number of nitrogens with one attached hydrogen (secondary N) is 1. The Morgan fingerprint density at radius 3 is 2.73 bits per heavy atom. The Morgan fingerprint density at radius 2 is 1.85 bits per heavy atom. The van der Waals surface area contributed by atoms with Crippen molar-refractivity contribution in [2.24, 2.45) is 0 Å². The number of allylic oxidation sites excluding steroid dienone is 2. The lowest BCUT2D eigenvalue weighted by molar-refractivity contribution is -0.116. The highest BCUT2D eigenvalue weighted by molar-refractivity contribution is 6.30. The minimum Gasteiger partial charge on any atom is -0.358 e. The number of fused-ring (bicyclic) bond motifs is 3. The lowest BCUT2D eigenvalue weighted by Gasteiger charge is -2.34. The van der Waals surface area contributed by atoms with Gasteiger partial charge < -0.3 is 5.32 Å². The van der Waals surface area contributed by atoms with Crippen molar-refractivity contribution in [2.75, 3.05) is 5.32 Å². The lowest BCUT2D eigenvalue weighted by atomic mass is 9.75. The van der Waals surface area contributed by atoms with Gasteiger partial charge in [-0.1, -0.05) is 60.1 Å². The van der Waals surface area contributed by atoms with E-state index >= 15 is 0 Å². The lowest BCUT2D eigenvalue weighted by Crippen LogP contribution is -2.27. The highest BCUT2D eigenvalue weighted by atomic mass is 35.5. The van der Waals surface area contributed by atoms with Crippen molar-refractivity contribution in [3.63, 3.8) is 0 Å². The smallest absolute Gasteiger partial charge is 0.161 e. The largest absolute Gasteiger partial charge is 0.358 e. The molecule has 5 rings (SSSR count). The molecule has 0 fully saturated rings. The van der Waals surface area contributed by atoms with Crippen LogP contribution < -0.4 is 5.32 Å². The van der Waals surface area contributed by atoms with Crippen LogP contribution in [-0.2, 0) is 4.79 Å². The van der Waals surface area contributed by atoms with E-state index in [1.54, 1.807) is 0 Å². The van der Waals surface area contributed by atoms with Gasteiger partial charge in [-0.2, -0.15) is 0 Å². The summed E-state index contributed by atoms with van der Waals surface area (Å²) >= 11 is 6.28. The zero-order valence-corrected chi connectivity index (χ0v) is 15.0. The van der Waals surface area contributed by atoms with Crippen molar-refractivity contribution in [2.45, 2.75) is 25.2 Å². The topological polar surface area (TPSA) is 29.1 Å². The Kier molecular flexibility index (Phi) is 3.61. The molecule has 1 aliphatic heterocycles. The molecule has 1 aliphatic carbocycles. The first-order chi connectivity index (χ1) is 12.7. The molecule has 1 unspecified atom stereocenters. The summed E-state index contributed by atoms with van der Waals surface area (Å²) in [6.07, 6.45) is 2.45. The van der Waals surface area contributed by atoms with E-state index in [0.717, 1.165) is 40.9 Å². The number of Topliss-reactive ketones (excluding diaryl/α,β-unsaturated/α-hetero) is 1. The van der Waals surface area contributed by atoms with E-state index in [0.29, 0.717) is 11.4 Å². The van der Waals surface area contributed by atoms with E-state index in [4.69, 9.17) is 11.6 Å². The number of hydrogen-bond acceptors (Lipinski definition) is 2. The van der Waals surface area contributed by atoms with Crippen LogP contribution in [0.1, 0.15) is 36.3 Å². The summed E-state index contributed by atoms with van der Waals surface area (Å²) in [5.74, 6) is 0.194. The predicted molar refractivity (Wildman–Crippen MR) is 107 cm³/mol. The molecule has 128 valence electrons. The maximum Gasteiger partial charge on any atom is 0.161 e. The Bertz CT molecular complexity index is 1080. The first-order valence-corrected chi connectivity index (χ1v) is 9.40. The highest BCUT2D eigenvalue weighted by Crippen LogP contribution is 2.47. The number of hydrogen-bond donors (Lipinski definition) is 1. The maximum atomic E-state index is 12.8. The number of halogens is 1. The molecule has 1 atom stereocenters. The maximum absolute atomic E-state index is 12.8. The fourth-order valence-electron chi connectivity index (χ4n) is 4.34. The molecule has 1 N–H and O–H groups in total. The SMILES string of the molecule is O=C1CCCC2=C1C(c1cccc(Cl)c1)c1ccc3ccccc3c1N2. The van der Waals surface area contributed by atoms with Crippen molar-refractivity contribution in [3.05, 3.63) is 88.1 Å². The van der Waals surface area contributed by atoms with Crippen LogP contribution in [-0.4, -0.2) is 5.78 Å². The highest BCUT2D eigenvalue weighted by Gasteiger charge is 2.35. The number of benzene rings is 3. The van der Waals surface area contributed by atoms with Gasteiger partial charge in [-0.25, -0.2) is 0 Å². The molecule has 0 aromatic heterocycles. The Morgan fingerprint density at radius 1 is 0.962 bits per heavy atom. The van der Waals surface area contributed by atoms with Gasteiger partial charge in [-0.3, -0.25) is 4.79 Å². The van der Waals surface area contributed by atoms with Crippen LogP contribution in [0.3, 0.4) is 0 Å². The van der Waals surface area contributed by atoms with E-state index in [-0.39, 0.29) is 11.7 Å². The van der Waals surface area contributed by atoms with Gasteiger partial charge in [0.2, 0.25) is 0 Å². The van der Waals surface area contributed by atoms with Crippen LogP contribution in [0.15, 0.2) is 71.9 Å². The third kappa shape index (κ3) is 2.37. The van der Waals surface area contributed by atoms with Crippen LogP contribution in [0.5, 0.6) is 0 Å². The van der Waals surface area contributed by atoms with Crippen molar-refractivity contribution in [1.82, 2.24) is 0 Å². The molecule has 0 bridgehead atoms. The zero-order valence-electron chi connectivity index (χ0n) is 14.3. The monoisotopic (exact) mass is 359 g/mol. The third-order valence-corrected chi connectivity index (χ3v) is 5.71. The second-order valence-corrected chi connectivity index (χ2v) is 7.47. The molecule has 1 heterocycles. The molecule has 0 radical (unpaired) electrons.